The number of aromatic nitrogens is 4. The van der Waals surface area contributed by atoms with Crippen molar-refractivity contribution in [3.63, 3.8) is 0 Å². The quantitative estimate of drug-likeness (QED) is 0.280. The second-order valence-corrected chi connectivity index (χ2v) is 8.87. The van der Waals surface area contributed by atoms with Gasteiger partial charge in [0.15, 0.2) is 11.3 Å². The number of hydrogen-bond donors (Lipinski definition) is 0. The van der Waals surface area contributed by atoms with Crippen molar-refractivity contribution in [1.82, 2.24) is 19.7 Å². The Bertz CT molecular complexity index is 1230. The van der Waals surface area contributed by atoms with Crippen LogP contribution >= 0.6 is 11.8 Å². The molecule has 1 fully saturated rings. The predicted octanol–water partition coefficient (Wildman–Crippen LogP) is 6.40. The van der Waals surface area contributed by atoms with Crippen LogP contribution in [0.1, 0.15) is 37.7 Å². The first-order chi connectivity index (χ1) is 14.8. The van der Waals surface area contributed by atoms with E-state index in [1.807, 2.05) is 24.3 Å². The van der Waals surface area contributed by atoms with Crippen LogP contribution in [0.3, 0.4) is 0 Å². The molecule has 4 aromatic rings. The molecule has 0 bridgehead atoms. The third-order valence-electron chi connectivity index (χ3n) is 5.99. The first-order valence-corrected chi connectivity index (χ1v) is 11.5. The van der Waals surface area contributed by atoms with E-state index >= 15 is 0 Å². The lowest BCUT2D eigenvalue weighted by atomic mass is 9.89. The summed E-state index contributed by atoms with van der Waals surface area (Å²) in [6.45, 7) is 8.35. The molecular weight excluding hydrogens is 390 g/mol. The lowest BCUT2D eigenvalue weighted by Gasteiger charge is -2.22. The molecule has 2 heterocycles. The Morgan fingerprint density at radius 3 is 2.67 bits per heavy atom. The number of thioether (sulfide) groups is 1. The normalized spacial score (nSPS) is 14.9. The highest BCUT2D eigenvalue weighted by molar-refractivity contribution is 7.98. The summed E-state index contributed by atoms with van der Waals surface area (Å²) in [5.74, 6) is 1.36. The Labute approximate surface area is 180 Å². The van der Waals surface area contributed by atoms with E-state index in [0.717, 1.165) is 28.7 Å². The fourth-order valence-electron chi connectivity index (χ4n) is 4.45. The minimum atomic E-state index is 0.661. The van der Waals surface area contributed by atoms with Crippen molar-refractivity contribution >= 4 is 39.5 Å². The Morgan fingerprint density at radius 2 is 1.80 bits per heavy atom. The SMILES string of the molecule is [C-]#[N+]c1ccccc1CSc1nnc2c3ccccc3n(CC3CCCCC3)c2n1. The Hall–Kier alpha value is -2.91. The zero-order chi connectivity index (χ0) is 20.3. The first kappa shape index (κ1) is 19.1. The van der Waals surface area contributed by atoms with Gasteiger partial charge < -0.3 is 4.57 Å². The first-order valence-electron chi connectivity index (χ1n) is 10.5. The van der Waals surface area contributed by atoms with Crippen LogP contribution in [-0.2, 0) is 12.3 Å². The number of nitrogens with zero attached hydrogens (tertiary/aromatic N) is 5. The summed E-state index contributed by atoms with van der Waals surface area (Å²) in [5, 5.41) is 10.7. The Morgan fingerprint density at radius 1 is 1.00 bits per heavy atom. The van der Waals surface area contributed by atoms with Gasteiger partial charge in [-0.3, -0.25) is 0 Å². The maximum absolute atomic E-state index is 7.36. The average Bonchev–Trinajstić information content (AvgIpc) is 3.11. The molecule has 5 nitrogen and oxygen atoms in total. The lowest BCUT2D eigenvalue weighted by Crippen LogP contribution is -2.14. The third-order valence-corrected chi connectivity index (χ3v) is 6.88. The standard InChI is InChI=1S/C24H23N5S/c1-25-20-13-7-5-11-18(20)16-30-24-26-23-22(27-28-24)19-12-6-8-14-21(19)29(23)15-17-9-3-2-4-10-17/h5-8,11-14,17H,2-4,9-10,15-16H2. The molecule has 1 saturated carbocycles. The molecule has 0 amide bonds. The van der Waals surface area contributed by atoms with Crippen LogP contribution in [0.25, 0.3) is 26.9 Å². The lowest BCUT2D eigenvalue weighted by molar-refractivity contribution is 0.325. The van der Waals surface area contributed by atoms with Gasteiger partial charge in [0.25, 0.3) is 0 Å². The van der Waals surface area contributed by atoms with Crippen LogP contribution in [0.15, 0.2) is 53.7 Å². The second kappa shape index (κ2) is 8.45. The summed E-state index contributed by atoms with van der Waals surface area (Å²) < 4.78 is 2.35. The van der Waals surface area contributed by atoms with Gasteiger partial charge in [-0.05, 0) is 30.4 Å². The number of hydrogen-bond acceptors (Lipinski definition) is 4. The molecule has 2 aromatic carbocycles. The van der Waals surface area contributed by atoms with Crippen molar-refractivity contribution in [3.8, 4) is 0 Å². The molecule has 2 aromatic heterocycles. The van der Waals surface area contributed by atoms with Crippen molar-refractivity contribution in [2.45, 2.75) is 49.6 Å². The smallest absolute Gasteiger partial charge is 0.211 e. The van der Waals surface area contributed by atoms with Gasteiger partial charge in [-0.15, -0.1) is 10.2 Å². The minimum absolute atomic E-state index is 0.661. The van der Waals surface area contributed by atoms with E-state index in [9.17, 15) is 0 Å². The summed E-state index contributed by atoms with van der Waals surface area (Å²) in [7, 11) is 0. The van der Waals surface area contributed by atoms with Crippen LogP contribution in [-0.4, -0.2) is 19.7 Å². The van der Waals surface area contributed by atoms with E-state index in [1.165, 1.54) is 37.6 Å². The molecule has 0 atom stereocenters. The molecule has 0 spiro atoms. The van der Waals surface area contributed by atoms with Gasteiger partial charge in [0, 0.05) is 17.7 Å². The van der Waals surface area contributed by atoms with Crippen LogP contribution < -0.4 is 0 Å². The highest BCUT2D eigenvalue weighted by Crippen LogP contribution is 2.32. The van der Waals surface area contributed by atoms with E-state index in [1.54, 1.807) is 11.8 Å². The molecule has 30 heavy (non-hydrogen) atoms. The molecule has 0 saturated heterocycles. The van der Waals surface area contributed by atoms with Gasteiger partial charge in [-0.1, -0.05) is 73.5 Å². The molecule has 0 unspecified atom stereocenters. The van der Waals surface area contributed by atoms with Crippen molar-refractivity contribution < 1.29 is 0 Å². The monoisotopic (exact) mass is 413 g/mol. The van der Waals surface area contributed by atoms with Crippen molar-refractivity contribution in [1.29, 1.82) is 0 Å². The van der Waals surface area contributed by atoms with Crippen LogP contribution in [0.2, 0.25) is 0 Å². The molecule has 150 valence electrons. The van der Waals surface area contributed by atoms with Crippen LogP contribution in [0.5, 0.6) is 0 Å². The summed E-state index contributed by atoms with van der Waals surface area (Å²) in [6.07, 6.45) is 6.61. The number of fused-ring (bicyclic) bond motifs is 3. The van der Waals surface area contributed by atoms with Gasteiger partial charge in [0.05, 0.1) is 12.1 Å². The minimum Gasteiger partial charge on any atom is -0.324 e. The molecule has 0 radical (unpaired) electrons. The van der Waals surface area contributed by atoms with Crippen LogP contribution in [0.4, 0.5) is 5.69 Å². The summed E-state index contributed by atoms with van der Waals surface area (Å²) >= 11 is 1.54. The van der Waals surface area contributed by atoms with Gasteiger partial charge in [-0.25, -0.2) is 9.83 Å². The largest absolute Gasteiger partial charge is 0.324 e. The topological polar surface area (TPSA) is 48.0 Å². The van der Waals surface area contributed by atoms with Gasteiger partial charge >= 0.3 is 0 Å². The average molecular weight is 414 g/mol. The predicted molar refractivity (Wildman–Crippen MR) is 122 cm³/mol. The zero-order valence-electron chi connectivity index (χ0n) is 16.8. The summed E-state index contributed by atoms with van der Waals surface area (Å²) in [6, 6.07) is 16.1. The Kier molecular flexibility index (Phi) is 5.37. The fraction of sp³-hybridized carbons (Fsp3) is 0.333. The van der Waals surface area contributed by atoms with Gasteiger partial charge in [0.2, 0.25) is 5.16 Å². The van der Waals surface area contributed by atoms with E-state index in [2.05, 4.69) is 43.9 Å². The maximum atomic E-state index is 7.36. The Balaban J connectivity index is 1.50. The number of para-hydroxylation sites is 2. The van der Waals surface area contributed by atoms with E-state index in [4.69, 9.17) is 11.6 Å². The molecular formula is C24H23N5S. The molecule has 1 aliphatic rings. The third kappa shape index (κ3) is 3.66. The molecule has 6 heteroatoms. The van der Waals surface area contributed by atoms with E-state index in [0.29, 0.717) is 22.5 Å². The molecule has 1 aliphatic carbocycles. The van der Waals surface area contributed by atoms with E-state index < -0.39 is 0 Å². The zero-order valence-corrected chi connectivity index (χ0v) is 17.6. The van der Waals surface area contributed by atoms with Crippen LogP contribution in [0, 0.1) is 12.5 Å². The molecule has 0 aliphatic heterocycles. The summed E-state index contributed by atoms with van der Waals surface area (Å²) in [4.78, 5) is 8.54. The second-order valence-electron chi connectivity index (χ2n) is 7.93. The number of benzene rings is 2. The van der Waals surface area contributed by atoms with Gasteiger partial charge in [-0.2, -0.15) is 0 Å². The summed E-state index contributed by atoms with van der Waals surface area (Å²) in [5.41, 5.74) is 4.69. The molecule has 5 rings (SSSR count). The maximum Gasteiger partial charge on any atom is 0.211 e. The van der Waals surface area contributed by atoms with Gasteiger partial charge in [0.1, 0.15) is 5.52 Å². The highest BCUT2D eigenvalue weighted by Gasteiger charge is 2.20. The highest BCUT2D eigenvalue weighted by atomic mass is 32.2. The van der Waals surface area contributed by atoms with E-state index in [-0.39, 0.29) is 0 Å². The molecule has 0 N–H and O–H groups in total. The van der Waals surface area contributed by atoms with Crippen molar-refractivity contribution in [2.24, 2.45) is 5.92 Å². The van der Waals surface area contributed by atoms with Crippen molar-refractivity contribution in [2.75, 3.05) is 0 Å². The fourth-order valence-corrected chi connectivity index (χ4v) is 5.23. The number of rotatable bonds is 5. The van der Waals surface area contributed by atoms with Crippen molar-refractivity contribution in [3.05, 3.63) is 65.5 Å².